The summed E-state index contributed by atoms with van der Waals surface area (Å²) in [6, 6.07) is 0. The van der Waals surface area contributed by atoms with Crippen molar-refractivity contribution in [2.75, 3.05) is 20.6 Å². The van der Waals surface area contributed by atoms with Gasteiger partial charge in [-0.05, 0) is 111 Å². The first-order valence-electron chi connectivity index (χ1n) is 16.5. The molecular formula is C32H59N2O8S+. The fourth-order valence-electron chi connectivity index (χ4n) is 12.0. The van der Waals surface area contributed by atoms with Gasteiger partial charge in [-0.15, -0.1) is 0 Å². The molecule has 43 heavy (non-hydrogen) atoms. The van der Waals surface area contributed by atoms with Crippen LogP contribution in [0.15, 0.2) is 0 Å². The molecule has 250 valence electrons. The largest absolute Gasteiger partial charge is 0.393 e. The van der Waals surface area contributed by atoms with Crippen molar-refractivity contribution < 1.29 is 42.7 Å². The summed E-state index contributed by atoms with van der Waals surface area (Å²) in [6.07, 6.45) is 1.96. The summed E-state index contributed by atoms with van der Waals surface area (Å²) in [6.45, 7) is 10.0. The Balaban J connectivity index is 1.70. The molecule has 11 heteroatoms. The highest BCUT2D eigenvalue weighted by atomic mass is 32.2. The number of rotatable bonds is 10. The van der Waals surface area contributed by atoms with E-state index in [1.54, 1.807) is 14.1 Å². The van der Waals surface area contributed by atoms with Crippen molar-refractivity contribution in [3.05, 3.63) is 0 Å². The molecule has 0 aromatic rings. The number of hydrogen-bond donors (Lipinski definition) is 6. The number of likely N-dealkylation sites (N-methyl/N-ethyl adjacent to an activating group) is 1. The zero-order chi connectivity index (χ0) is 32.6. The number of aliphatic hydroxyl groups excluding tert-OH is 3. The number of amides is 1. The monoisotopic (exact) mass is 631 g/mol. The zero-order valence-corrected chi connectivity index (χ0v) is 28.2. The van der Waals surface area contributed by atoms with Crippen LogP contribution in [-0.2, 0) is 14.9 Å². The lowest BCUT2D eigenvalue weighted by atomic mass is 9.42. The summed E-state index contributed by atoms with van der Waals surface area (Å²) in [4.78, 5) is 9.22. The van der Waals surface area contributed by atoms with Gasteiger partial charge in [0.25, 0.3) is 4.87 Å². The smallest absolute Gasteiger partial charge is 0.328 e. The molecule has 0 heterocycles. The van der Waals surface area contributed by atoms with E-state index in [0.717, 1.165) is 12.8 Å². The van der Waals surface area contributed by atoms with Crippen LogP contribution in [-0.4, -0.2) is 93.2 Å². The molecule has 0 bridgehead atoms. The molecule has 4 aliphatic carbocycles. The Morgan fingerprint density at radius 1 is 1.09 bits per heavy atom. The number of nitrogens with zero attached hydrogens (tertiary/aromatic N) is 1. The van der Waals surface area contributed by atoms with Crippen LogP contribution < -0.4 is 5.73 Å². The van der Waals surface area contributed by atoms with Crippen LogP contribution in [0.2, 0.25) is 0 Å². The minimum Gasteiger partial charge on any atom is -0.393 e. The van der Waals surface area contributed by atoms with Gasteiger partial charge in [0.1, 0.15) is 11.7 Å². The van der Waals surface area contributed by atoms with Gasteiger partial charge in [-0.1, -0.05) is 27.7 Å². The van der Waals surface area contributed by atoms with Gasteiger partial charge in [-0.25, -0.2) is 0 Å². The average Bonchev–Trinajstić information content (AvgIpc) is 3.21. The number of carbonyl (C=O) groups is 1. The average molecular weight is 632 g/mol. The van der Waals surface area contributed by atoms with E-state index in [-0.39, 0.29) is 64.2 Å². The zero-order valence-electron chi connectivity index (χ0n) is 27.4. The van der Waals surface area contributed by atoms with E-state index >= 15 is 0 Å². The van der Waals surface area contributed by atoms with E-state index in [4.69, 9.17) is 5.73 Å². The third-order valence-corrected chi connectivity index (χ3v) is 15.8. The Hall–Kier alpha value is -0.820. The Labute approximate surface area is 258 Å². The molecule has 2 unspecified atom stereocenters. The molecule has 4 aliphatic rings. The minimum absolute atomic E-state index is 0.0185. The quantitative estimate of drug-likeness (QED) is 0.157. The fourth-order valence-corrected chi connectivity index (χ4v) is 13.8. The summed E-state index contributed by atoms with van der Waals surface area (Å²) >= 11 is 0. The summed E-state index contributed by atoms with van der Waals surface area (Å²) in [5.41, 5.74) is 2.72. The third-order valence-electron chi connectivity index (χ3n) is 13.8. The molecule has 4 rings (SSSR count). The van der Waals surface area contributed by atoms with Gasteiger partial charge >= 0.3 is 10.1 Å². The second-order valence-corrected chi connectivity index (χ2v) is 17.6. The highest BCUT2D eigenvalue weighted by Gasteiger charge is 2.75. The van der Waals surface area contributed by atoms with Gasteiger partial charge in [0.05, 0.1) is 32.8 Å². The molecule has 0 aliphatic heterocycles. The number of hydrogen-bond acceptors (Lipinski definition) is 7. The number of aliphatic hydroxyl groups is 4. The molecule has 0 aromatic carbocycles. The van der Waals surface area contributed by atoms with Crippen molar-refractivity contribution in [2.24, 2.45) is 52.1 Å². The Morgan fingerprint density at radius 3 is 2.26 bits per heavy atom. The van der Waals surface area contributed by atoms with Crippen LogP contribution in [0.25, 0.3) is 0 Å². The minimum atomic E-state index is -4.97. The van der Waals surface area contributed by atoms with E-state index in [1.807, 2.05) is 6.92 Å². The standard InChI is InChI=1S/C32H58N2O8S/c1-8-15-34(6,7)32(20(3)35,43(40,41)42)31(39)14-13-29(4)21(18-31)16-25(36)28-23-11-10-22(19(2)9-12-27(33)38)30(23,5)26(37)17-24(28)29/h19-26,28,35-37,39H,8-18H2,1-7H3,(H2-,33,38,40,41,42)/p+1/t19-,20?,21-,22-,23+,24+,25-,26+,28+,29+,30-,31-,32?/m1/s1. The number of fused-ring (bicyclic) bond motifs is 5. The van der Waals surface area contributed by atoms with Crippen LogP contribution in [0, 0.1) is 46.3 Å². The molecule has 7 N–H and O–H groups in total. The van der Waals surface area contributed by atoms with Gasteiger partial charge in [0.2, 0.25) is 5.91 Å². The van der Waals surface area contributed by atoms with Crippen LogP contribution in [0.1, 0.15) is 98.8 Å². The van der Waals surface area contributed by atoms with Gasteiger partial charge in [0, 0.05) is 6.42 Å². The predicted molar refractivity (Wildman–Crippen MR) is 164 cm³/mol. The van der Waals surface area contributed by atoms with Gasteiger partial charge in [-0.2, -0.15) is 8.42 Å². The highest BCUT2D eigenvalue weighted by Crippen LogP contribution is 2.69. The first kappa shape index (κ1) is 35.0. The van der Waals surface area contributed by atoms with Crippen molar-refractivity contribution in [1.29, 1.82) is 0 Å². The number of primary amides is 1. The van der Waals surface area contributed by atoms with Gasteiger partial charge < -0.3 is 30.6 Å². The van der Waals surface area contributed by atoms with Gasteiger partial charge in [0.15, 0.2) is 0 Å². The SMILES string of the molecule is CCC[N+](C)(C)C(C(C)O)([C@@]1(O)CC[C@@]2(C)[C@H](C[C@@H](O)[C@@H]3[C@@H]2C[C@H](O)[C@]2(C)[C@@H]([C@H](C)CCC(N)=O)CC[C@@H]32)C1)S(=O)(=O)O. The third kappa shape index (κ3) is 5.02. The van der Waals surface area contributed by atoms with Crippen LogP contribution in [0.4, 0.5) is 0 Å². The molecule has 10 nitrogen and oxygen atoms in total. The van der Waals surface area contributed by atoms with E-state index in [9.17, 15) is 38.2 Å². The van der Waals surface area contributed by atoms with E-state index in [2.05, 4.69) is 20.8 Å². The van der Waals surface area contributed by atoms with Crippen LogP contribution in [0.5, 0.6) is 0 Å². The first-order valence-corrected chi connectivity index (χ1v) is 17.9. The first-order chi connectivity index (χ1) is 19.7. The highest BCUT2D eigenvalue weighted by molar-refractivity contribution is 7.87. The summed E-state index contributed by atoms with van der Waals surface area (Å²) < 4.78 is 37.2. The Kier molecular flexibility index (Phi) is 9.34. The lowest BCUT2D eigenvalue weighted by Crippen LogP contribution is -2.80. The second-order valence-electron chi connectivity index (χ2n) is 16.1. The van der Waals surface area contributed by atoms with Crippen LogP contribution >= 0.6 is 0 Å². The van der Waals surface area contributed by atoms with E-state index < -0.39 is 44.3 Å². The molecule has 4 saturated carbocycles. The van der Waals surface area contributed by atoms with E-state index in [0.29, 0.717) is 45.1 Å². The molecular weight excluding hydrogens is 572 g/mol. The Bertz CT molecular complexity index is 1160. The molecule has 0 aromatic heterocycles. The number of nitrogens with two attached hydrogens (primary N) is 1. The van der Waals surface area contributed by atoms with Crippen molar-refractivity contribution in [2.45, 2.75) is 128 Å². The molecule has 1 amide bonds. The maximum atomic E-state index is 13.3. The predicted octanol–water partition coefficient (Wildman–Crippen LogP) is 2.67. The maximum Gasteiger partial charge on any atom is 0.328 e. The number of carbonyl (C=O) groups excluding carboxylic acids is 1. The normalized spacial score (nSPS) is 44.4. The lowest BCUT2D eigenvalue weighted by Gasteiger charge is -2.66. The summed E-state index contributed by atoms with van der Waals surface area (Å²) in [5.74, 6) is -0.131. The van der Waals surface area contributed by atoms with Crippen molar-refractivity contribution in [1.82, 2.24) is 0 Å². The van der Waals surface area contributed by atoms with Crippen molar-refractivity contribution in [3.8, 4) is 0 Å². The maximum absolute atomic E-state index is 13.3. The van der Waals surface area contributed by atoms with Crippen molar-refractivity contribution in [3.63, 3.8) is 0 Å². The molecule has 4 fully saturated rings. The second kappa shape index (κ2) is 11.5. The molecule has 0 radical (unpaired) electrons. The summed E-state index contributed by atoms with van der Waals surface area (Å²) in [7, 11) is -1.69. The summed E-state index contributed by atoms with van der Waals surface area (Å²) in [5, 5.41) is 47.3. The van der Waals surface area contributed by atoms with Crippen LogP contribution in [0.3, 0.4) is 0 Å². The van der Waals surface area contributed by atoms with E-state index in [1.165, 1.54) is 6.92 Å². The molecule has 0 spiro atoms. The molecule has 13 atom stereocenters. The lowest BCUT2D eigenvalue weighted by molar-refractivity contribution is -0.938. The number of quaternary nitrogens is 1. The van der Waals surface area contributed by atoms with Gasteiger partial charge in [-0.3, -0.25) is 9.35 Å². The van der Waals surface area contributed by atoms with Crippen molar-refractivity contribution >= 4 is 16.0 Å². The Morgan fingerprint density at radius 2 is 1.72 bits per heavy atom. The topological polar surface area (TPSA) is 178 Å². The fraction of sp³-hybridized carbons (Fsp3) is 0.969. The molecule has 0 saturated heterocycles.